The molecule has 0 spiro atoms. The van der Waals surface area contributed by atoms with Crippen molar-refractivity contribution >= 4 is 22.5 Å². The number of para-hydroxylation sites is 1. The van der Waals surface area contributed by atoms with Crippen LogP contribution in [0, 0.1) is 0 Å². The van der Waals surface area contributed by atoms with E-state index in [1.807, 2.05) is 18.2 Å². The van der Waals surface area contributed by atoms with Crippen LogP contribution >= 0.6 is 0 Å². The lowest BCUT2D eigenvalue weighted by molar-refractivity contribution is 0.102. The second-order valence-corrected chi connectivity index (χ2v) is 7.21. The van der Waals surface area contributed by atoms with Gasteiger partial charge in [-0.15, -0.1) is 0 Å². The summed E-state index contributed by atoms with van der Waals surface area (Å²) < 4.78 is 5.23. The summed E-state index contributed by atoms with van der Waals surface area (Å²) in [6.07, 6.45) is 0. The monoisotopic (exact) mass is 350 g/mol. The lowest BCUT2D eigenvalue weighted by atomic mass is 9.85. The first-order valence-electron chi connectivity index (χ1n) is 8.41. The Morgan fingerprint density at radius 1 is 1.08 bits per heavy atom. The average molecular weight is 350 g/mol. The summed E-state index contributed by atoms with van der Waals surface area (Å²) in [5.74, 6) is 0.241. The largest absolute Gasteiger partial charge is 0.496 e. The molecule has 0 atom stereocenters. The zero-order valence-corrected chi connectivity index (χ0v) is 15.3. The third kappa shape index (κ3) is 3.47. The number of hydrogen-bond acceptors (Lipinski definition) is 3. The normalized spacial score (nSPS) is 11.4. The summed E-state index contributed by atoms with van der Waals surface area (Å²) in [4.78, 5) is 27.4. The maximum Gasteiger partial charge on any atom is 0.259 e. The molecule has 0 saturated carbocycles. The Balaban J connectivity index is 2.00. The van der Waals surface area contributed by atoms with Crippen molar-refractivity contribution in [2.24, 2.45) is 0 Å². The topological polar surface area (TPSA) is 71.2 Å². The number of aromatic amines is 1. The van der Waals surface area contributed by atoms with Crippen LogP contribution in [0.4, 0.5) is 5.69 Å². The number of aromatic nitrogens is 1. The number of anilines is 1. The summed E-state index contributed by atoms with van der Waals surface area (Å²) in [5.41, 5.74) is 2.41. The Bertz CT molecular complexity index is 1030. The molecule has 0 radical (unpaired) electrons. The maximum atomic E-state index is 12.6. The molecule has 0 aliphatic heterocycles. The molecule has 2 aromatic carbocycles. The minimum atomic E-state index is -0.267. The van der Waals surface area contributed by atoms with Gasteiger partial charge < -0.3 is 15.0 Å². The summed E-state index contributed by atoms with van der Waals surface area (Å²) >= 11 is 0. The number of pyridine rings is 1. The zero-order valence-electron chi connectivity index (χ0n) is 15.3. The molecule has 5 nitrogen and oxygen atoms in total. The Labute approximate surface area is 152 Å². The molecule has 0 unspecified atom stereocenters. The predicted octanol–water partition coefficient (Wildman–Crippen LogP) is 4.09. The fourth-order valence-electron chi connectivity index (χ4n) is 2.99. The fraction of sp³-hybridized carbons (Fsp3) is 0.238. The second kappa shape index (κ2) is 6.67. The van der Waals surface area contributed by atoms with Crippen molar-refractivity contribution in [1.29, 1.82) is 0 Å². The highest BCUT2D eigenvalue weighted by molar-refractivity contribution is 6.07. The van der Waals surface area contributed by atoms with Crippen LogP contribution in [-0.2, 0) is 5.41 Å². The van der Waals surface area contributed by atoms with Gasteiger partial charge in [0.15, 0.2) is 0 Å². The van der Waals surface area contributed by atoms with Gasteiger partial charge in [-0.05, 0) is 35.2 Å². The summed E-state index contributed by atoms with van der Waals surface area (Å²) in [5, 5.41) is 3.83. The summed E-state index contributed by atoms with van der Waals surface area (Å²) in [6.45, 7) is 6.20. The molecule has 0 bridgehead atoms. The van der Waals surface area contributed by atoms with Gasteiger partial charge in [-0.1, -0.05) is 39.0 Å². The third-order valence-corrected chi connectivity index (χ3v) is 4.26. The van der Waals surface area contributed by atoms with Crippen molar-refractivity contribution in [2.75, 3.05) is 12.4 Å². The average Bonchev–Trinajstić information content (AvgIpc) is 2.59. The molecule has 2 N–H and O–H groups in total. The van der Waals surface area contributed by atoms with E-state index in [1.54, 1.807) is 30.3 Å². The van der Waals surface area contributed by atoms with Gasteiger partial charge in [0.25, 0.3) is 5.91 Å². The van der Waals surface area contributed by atoms with E-state index in [9.17, 15) is 9.59 Å². The standard InChI is InChI=1S/C21H22N2O3/c1-21(2,3)16-12-19(24)23-17-11-13(9-10-14(16)17)22-20(25)15-7-5-6-8-18(15)26-4/h5-12H,1-4H3,(H,22,25)(H,23,24). The van der Waals surface area contributed by atoms with Crippen LogP contribution < -0.4 is 15.6 Å². The molecule has 5 heteroatoms. The summed E-state index contributed by atoms with van der Waals surface area (Å²) in [7, 11) is 1.53. The van der Waals surface area contributed by atoms with E-state index in [0.29, 0.717) is 22.5 Å². The van der Waals surface area contributed by atoms with Gasteiger partial charge in [0.2, 0.25) is 5.56 Å². The number of carbonyl (C=O) groups is 1. The zero-order chi connectivity index (χ0) is 18.9. The third-order valence-electron chi connectivity index (χ3n) is 4.26. The van der Waals surface area contributed by atoms with Gasteiger partial charge in [-0.3, -0.25) is 9.59 Å². The number of ether oxygens (including phenoxy) is 1. The van der Waals surface area contributed by atoms with Crippen LogP contribution in [-0.4, -0.2) is 18.0 Å². The van der Waals surface area contributed by atoms with Gasteiger partial charge in [0, 0.05) is 17.1 Å². The highest BCUT2D eigenvalue weighted by Gasteiger charge is 2.18. The number of carbonyl (C=O) groups excluding carboxylic acids is 1. The van der Waals surface area contributed by atoms with E-state index in [1.165, 1.54) is 7.11 Å². The Kier molecular flexibility index (Phi) is 4.55. The molecule has 0 saturated heterocycles. The Hall–Kier alpha value is -3.08. The number of amides is 1. The summed E-state index contributed by atoms with van der Waals surface area (Å²) in [6, 6.07) is 14.2. The van der Waals surface area contributed by atoms with E-state index < -0.39 is 0 Å². The smallest absolute Gasteiger partial charge is 0.259 e. The molecule has 0 aliphatic rings. The first-order valence-corrected chi connectivity index (χ1v) is 8.41. The Morgan fingerprint density at radius 3 is 2.50 bits per heavy atom. The quantitative estimate of drug-likeness (QED) is 0.747. The minimum absolute atomic E-state index is 0.157. The molecule has 26 heavy (non-hydrogen) atoms. The van der Waals surface area contributed by atoms with Crippen LogP contribution in [0.25, 0.3) is 10.9 Å². The maximum absolute atomic E-state index is 12.6. The van der Waals surface area contributed by atoms with Crippen LogP contribution in [0.15, 0.2) is 53.3 Å². The van der Waals surface area contributed by atoms with Crippen LogP contribution in [0.1, 0.15) is 36.7 Å². The number of H-pyrrole nitrogens is 1. The van der Waals surface area contributed by atoms with Gasteiger partial charge in [-0.2, -0.15) is 0 Å². The van der Waals surface area contributed by atoms with E-state index in [0.717, 1.165) is 10.9 Å². The van der Waals surface area contributed by atoms with Crippen molar-refractivity contribution in [3.8, 4) is 5.75 Å². The molecular weight excluding hydrogens is 328 g/mol. The van der Waals surface area contributed by atoms with Crippen molar-refractivity contribution in [2.45, 2.75) is 26.2 Å². The number of methoxy groups -OCH3 is 1. The first kappa shape index (κ1) is 17.7. The number of nitrogens with one attached hydrogen (secondary N) is 2. The molecule has 1 amide bonds. The lowest BCUT2D eigenvalue weighted by Gasteiger charge is -2.21. The molecule has 3 rings (SSSR count). The van der Waals surface area contributed by atoms with E-state index >= 15 is 0 Å². The molecule has 134 valence electrons. The number of hydrogen-bond donors (Lipinski definition) is 2. The van der Waals surface area contributed by atoms with Crippen LogP contribution in [0.5, 0.6) is 5.75 Å². The number of fused-ring (bicyclic) bond motifs is 1. The van der Waals surface area contributed by atoms with Crippen molar-refractivity contribution in [3.05, 3.63) is 70.0 Å². The van der Waals surface area contributed by atoms with Crippen molar-refractivity contribution in [1.82, 2.24) is 4.98 Å². The number of rotatable bonds is 3. The molecular formula is C21H22N2O3. The predicted molar refractivity (Wildman–Crippen MR) is 104 cm³/mol. The second-order valence-electron chi connectivity index (χ2n) is 7.21. The van der Waals surface area contributed by atoms with Crippen molar-refractivity contribution in [3.63, 3.8) is 0 Å². The molecule has 1 aromatic heterocycles. The SMILES string of the molecule is COc1ccccc1C(=O)Nc1ccc2c(C(C)(C)C)cc(=O)[nH]c2c1. The van der Waals surface area contributed by atoms with Gasteiger partial charge in [0.05, 0.1) is 18.2 Å². The molecule has 1 heterocycles. The fourth-order valence-corrected chi connectivity index (χ4v) is 2.99. The van der Waals surface area contributed by atoms with E-state index in [-0.39, 0.29) is 16.9 Å². The van der Waals surface area contributed by atoms with Crippen molar-refractivity contribution < 1.29 is 9.53 Å². The van der Waals surface area contributed by atoms with Gasteiger partial charge in [0.1, 0.15) is 5.75 Å². The van der Waals surface area contributed by atoms with Gasteiger partial charge >= 0.3 is 0 Å². The molecule has 3 aromatic rings. The lowest BCUT2D eigenvalue weighted by Crippen LogP contribution is -2.17. The van der Waals surface area contributed by atoms with E-state index in [4.69, 9.17) is 4.74 Å². The highest BCUT2D eigenvalue weighted by Crippen LogP contribution is 2.29. The minimum Gasteiger partial charge on any atom is -0.496 e. The Morgan fingerprint density at radius 2 is 1.81 bits per heavy atom. The first-order chi connectivity index (χ1) is 12.3. The van der Waals surface area contributed by atoms with Gasteiger partial charge in [-0.25, -0.2) is 0 Å². The van der Waals surface area contributed by atoms with Crippen LogP contribution in [0.2, 0.25) is 0 Å². The molecule has 0 aliphatic carbocycles. The van der Waals surface area contributed by atoms with Crippen LogP contribution in [0.3, 0.4) is 0 Å². The van der Waals surface area contributed by atoms with E-state index in [2.05, 4.69) is 31.1 Å². The number of benzene rings is 2. The molecule has 0 fully saturated rings. The highest BCUT2D eigenvalue weighted by atomic mass is 16.5.